The van der Waals surface area contributed by atoms with Crippen LogP contribution >= 0.6 is 0 Å². The molecule has 0 spiro atoms. The second-order valence-corrected chi connectivity index (χ2v) is 4.79. The maximum atomic E-state index is 5.89. The Morgan fingerprint density at radius 2 is 1.83 bits per heavy atom. The highest BCUT2D eigenvalue weighted by atomic mass is 16.7. The van der Waals surface area contributed by atoms with Crippen molar-refractivity contribution in [2.24, 2.45) is 5.73 Å². The summed E-state index contributed by atoms with van der Waals surface area (Å²) in [5, 5.41) is 0. The highest BCUT2D eigenvalue weighted by Crippen LogP contribution is 2.33. The van der Waals surface area contributed by atoms with Gasteiger partial charge in [-0.05, 0) is 24.9 Å². The molecule has 2 rings (SSSR count). The van der Waals surface area contributed by atoms with Crippen LogP contribution < -0.4 is 5.73 Å². The van der Waals surface area contributed by atoms with Gasteiger partial charge in [0, 0.05) is 12.0 Å². The third kappa shape index (κ3) is 2.91. The van der Waals surface area contributed by atoms with Crippen molar-refractivity contribution in [1.29, 1.82) is 0 Å². The van der Waals surface area contributed by atoms with E-state index in [9.17, 15) is 0 Å². The lowest BCUT2D eigenvalue weighted by Crippen LogP contribution is -2.39. The molecule has 1 aromatic carbocycles. The SMILES string of the molecule is CCCc1ccc(C2(CCN)OCCCO2)cc1. The van der Waals surface area contributed by atoms with Crippen LogP contribution in [0.3, 0.4) is 0 Å². The summed E-state index contributed by atoms with van der Waals surface area (Å²) in [6, 6.07) is 8.56. The molecule has 0 amide bonds. The zero-order chi connectivity index (χ0) is 12.8. The van der Waals surface area contributed by atoms with E-state index in [4.69, 9.17) is 15.2 Å². The minimum atomic E-state index is -0.613. The molecule has 18 heavy (non-hydrogen) atoms. The Bertz CT molecular complexity index is 350. The van der Waals surface area contributed by atoms with Crippen LogP contribution in [0, 0.1) is 0 Å². The van der Waals surface area contributed by atoms with Gasteiger partial charge in [0.1, 0.15) is 0 Å². The molecule has 1 aliphatic rings. The molecule has 100 valence electrons. The van der Waals surface area contributed by atoms with E-state index in [1.165, 1.54) is 12.0 Å². The predicted octanol–water partition coefficient (Wildman–Crippen LogP) is 2.58. The van der Waals surface area contributed by atoms with Crippen molar-refractivity contribution in [3.63, 3.8) is 0 Å². The van der Waals surface area contributed by atoms with E-state index < -0.39 is 5.79 Å². The molecule has 1 aliphatic heterocycles. The van der Waals surface area contributed by atoms with Gasteiger partial charge in [-0.15, -0.1) is 0 Å². The number of ether oxygens (including phenoxy) is 2. The summed E-state index contributed by atoms with van der Waals surface area (Å²) in [7, 11) is 0. The molecule has 0 atom stereocenters. The van der Waals surface area contributed by atoms with Crippen LogP contribution in [0.25, 0.3) is 0 Å². The van der Waals surface area contributed by atoms with Gasteiger partial charge in [0.15, 0.2) is 5.79 Å². The van der Waals surface area contributed by atoms with Crippen molar-refractivity contribution in [2.75, 3.05) is 19.8 Å². The summed E-state index contributed by atoms with van der Waals surface area (Å²) in [5.74, 6) is -0.613. The minimum Gasteiger partial charge on any atom is -0.346 e. The number of aryl methyl sites for hydroxylation is 1. The Labute approximate surface area is 109 Å². The Morgan fingerprint density at radius 3 is 2.39 bits per heavy atom. The van der Waals surface area contributed by atoms with Gasteiger partial charge in [0.25, 0.3) is 0 Å². The van der Waals surface area contributed by atoms with Crippen molar-refractivity contribution in [1.82, 2.24) is 0 Å². The Balaban J connectivity index is 2.19. The minimum absolute atomic E-state index is 0.566. The molecule has 1 aromatic rings. The smallest absolute Gasteiger partial charge is 0.195 e. The molecule has 1 saturated heterocycles. The van der Waals surface area contributed by atoms with Crippen molar-refractivity contribution in [3.05, 3.63) is 35.4 Å². The molecule has 0 saturated carbocycles. The summed E-state index contributed by atoms with van der Waals surface area (Å²) in [6.45, 7) is 4.25. The average molecular weight is 249 g/mol. The van der Waals surface area contributed by atoms with Gasteiger partial charge in [0.05, 0.1) is 13.2 Å². The standard InChI is InChI=1S/C15H23NO2/c1-2-4-13-5-7-14(8-6-13)15(9-10-16)17-11-3-12-18-15/h5-8H,2-4,9-12,16H2,1H3. The van der Waals surface area contributed by atoms with Gasteiger partial charge in [-0.1, -0.05) is 37.6 Å². The summed E-state index contributed by atoms with van der Waals surface area (Å²) in [6.07, 6.45) is 3.95. The summed E-state index contributed by atoms with van der Waals surface area (Å²) in [5.41, 5.74) is 8.15. The molecule has 1 heterocycles. The number of hydrogen-bond donors (Lipinski definition) is 1. The van der Waals surface area contributed by atoms with Crippen molar-refractivity contribution in [3.8, 4) is 0 Å². The van der Waals surface area contributed by atoms with Gasteiger partial charge >= 0.3 is 0 Å². The molecule has 3 nitrogen and oxygen atoms in total. The lowest BCUT2D eigenvalue weighted by molar-refractivity contribution is -0.278. The number of nitrogens with two attached hydrogens (primary N) is 1. The first kappa shape index (κ1) is 13.5. The first-order chi connectivity index (χ1) is 8.80. The molecule has 1 fully saturated rings. The molecule has 0 aromatic heterocycles. The monoisotopic (exact) mass is 249 g/mol. The maximum Gasteiger partial charge on any atom is 0.195 e. The van der Waals surface area contributed by atoms with Gasteiger partial charge < -0.3 is 15.2 Å². The largest absolute Gasteiger partial charge is 0.346 e. The zero-order valence-corrected chi connectivity index (χ0v) is 11.2. The first-order valence-corrected chi connectivity index (χ1v) is 6.88. The molecule has 0 radical (unpaired) electrons. The first-order valence-electron chi connectivity index (χ1n) is 6.88. The van der Waals surface area contributed by atoms with Crippen molar-refractivity contribution in [2.45, 2.75) is 38.4 Å². The fraction of sp³-hybridized carbons (Fsp3) is 0.600. The third-order valence-electron chi connectivity index (χ3n) is 3.37. The average Bonchev–Trinajstić information content (AvgIpc) is 2.41. The van der Waals surface area contributed by atoms with Crippen LogP contribution in [0.15, 0.2) is 24.3 Å². The van der Waals surface area contributed by atoms with Gasteiger partial charge in [-0.25, -0.2) is 0 Å². The second kappa shape index (κ2) is 6.32. The number of hydrogen-bond acceptors (Lipinski definition) is 3. The van der Waals surface area contributed by atoms with Gasteiger partial charge in [0.2, 0.25) is 0 Å². The molecule has 0 unspecified atom stereocenters. The quantitative estimate of drug-likeness (QED) is 0.872. The van der Waals surface area contributed by atoms with Crippen LogP contribution in [-0.4, -0.2) is 19.8 Å². The maximum absolute atomic E-state index is 5.89. The van der Waals surface area contributed by atoms with Gasteiger partial charge in [-0.2, -0.15) is 0 Å². The van der Waals surface area contributed by atoms with Crippen LogP contribution in [0.5, 0.6) is 0 Å². The van der Waals surface area contributed by atoms with E-state index in [0.717, 1.165) is 31.6 Å². The zero-order valence-electron chi connectivity index (χ0n) is 11.2. The van der Waals surface area contributed by atoms with Crippen molar-refractivity contribution >= 4 is 0 Å². The molecular formula is C15H23NO2. The predicted molar refractivity (Wildman–Crippen MR) is 72.3 cm³/mol. The molecule has 2 N–H and O–H groups in total. The second-order valence-electron chi connectivity index (χ2n) is 4.79. The highest BCUT2D eigenvalue weighted by Gasteiger charge is 2.35. The highest BCUT2D eigenvalue weighted by molar-refractivity contribution is 5.26. The lowest BCUT2D eigenvalue weighted by atomic mass is 9.98. The molecule has 3 heteroatoms. The van der Waals surface area contributed by atoms with E-state index in [1.54, 1.807) is 0 Å². The fourth-order valence-electron chi connectivity index (χ4n) is 2.43. The van der Waals surface area contributed by atoms with Crippen LogP contribution in [0.2, 0.25) is 0 Å². The molecule has 0 bridgehead atoms. The van der Waals surface area contributed by atoms with E-state index in [0.29, 0.717) is 13.0 Å². The topological polar surface area (TPSA) is 44.5 Å². The molecular weight excluding hydrogens is 226 g/mol. The summed E-state index contributed by atoms with van der Waals surface area (Å²) in [4.78, 5) is 0. The number of rotatable bonds is 5. The Morgan fingerprint density at radius 1 is 1.17 bits per heavy atom. The number of benzene rings is 1. The van der Waals surface area contributed by atoms with E-state index >= 15 is 0 Å². The van der Waals surface area contributed by atoms with E-state index in [2.05, 4.69) is 31.2 Å². The van der Waals surface area contributed by atoms with Crippen molar-refractivity contribution < 1.29 is 9.47 Å². The van der Waals surface area contributed by atoms with Crippen LogP contribution in [-0.2, 0) is 21.7 Å². The normalized spacial score (nSPS) is 18.8. The lowest BCUT2D eigenvalue weighted by Gasteiger charge is -2.37. The van der Waals surface area contributed by atoms with Gasteiger partial charge in [-0.3, -0.25) is 0 Å². The Kier molecular flexibility index (Phi) is 4.75. The summed E-state index contributed by atoms with van der Waals surface area (Å²) < 4.78 is 11.8. The third-order valence-corrected chi connectivity index (χ3v) is 3.37. The fourth-order valence-corrected chi connectivity index (χ4v) is 2.43. The summed E-state index contributed by atoms with van der Waals surface area (Å²) >= 11 is 0. The van der Waals surface area contributed by atoms with E-state index in [-0.39, 0.29) is 0 Å². The van der Waals surface area contributed by atoms with Crippen LogP contribution in [0.4, 0.5) is 0 Å². The van der Waals surface area contributed by atoms with Crippen LogP contribution in [0.1, 0.15) is 37.3 Å². The molecule has 0 aliphatic carbocycles. The Hall–Kier alpha value is -0.900. The van der Waals surface area contributed by atoms with E-state index in [1.807, 2.05) is 0 Å².